The molecule has 0 radical (unpaired) electrons. The summed E-state index contributed by atoms with van der Waals surface area (Å²) in [5.74, 6) is 0. The van der Waals surface area contributed by atoms with Crippen LogP contribution in [0.1, 0.15) is 39.0 Å². The lowest BCUT2D eigenvalue weighted by atomic mass is 9.88. The first kappa shape index (κ1) is 10.3. The van der Waals surface area contributed by atoms with Crippen molar-refractivity contribution in [2.24, 2.45) is 5.16 Å². The number of rotatable bonds is 3. The molecular formula is C10H17NO2. The van der Waals surface area contributed by atoms with Crippen molar-refractivity contribution in [3.8, 4) is 0 Å². The summed E-state index contributed by atoms with van der Waals surface area (Å²) < 4.78 is 0. The molecule has 0 heterocycles. The predicted octanol–water partition coefficient (Wildman–Crippen LogP) is 2.09. The maximum Gasteiger partial charge on any atom is 0.0827 e. The summed E-state index contributed by atoms with van der Waals surface area (Å²) in [4.78, 5) is 0. The first-order valence-electron chi connectivity index (χ1n) is 4.80. The van der Waals surface area contributed by atoms with Crippen LogP contribution in [0, 0.1) is 0 Å². The van der Waals surface area contributed by atoms with E-state index in [2.05, 4.69) is 12.1 Å². The fraction of sp³-hybridized carbons (Fsp3) is 0.700. The third-order valence-electron chi connectivity index (χ3n) is 2.53. The smallest absolute Gasteiger partial charge is 0.0827 e. The highest BCUT2D eigenvalue weighted by Crippen LogP contribution is 2.25. The van der Waals surface area contributed by atoms with Gasteiger partial charge in [0.2, 0.25) is 0 Å². The van der Waals surface area contributed by atoms with Crippen LogP contribution in [0.2, 0.25) is 0 Å². The Kier molecular flexibility index (Phi) is 3.96. The molecule has 3 nitrogen and oxygen atoms in total. The lowest BCUT2D eigenvalue weighted by molar-refractivity contribution is 0.288. The lowest BCUT2D eigenvalue weighted by Crippen LogP contribution is -2.11. The Labute approximate surface area is 78.8 Å². The van der Waals surface area contributed by atoms with Crippen LogP contribution in [0.4, 0.5) is 0 Å². The fourth-order valence-electron chi connectivity index (χ4n) is 1.79. The second kappa shape index (κ2) is 5.02. The summed E-state index contributed by atoms with van der Waals surface area (Å²) >= 11 is 0. The van der Waals surface area contributed by atoms with E-state index in [1.807, 2.05) is 0 Å². The van der Waals surface area contributed by atoms with Crippen molar-refractivity contribution in [2.75, 3.05) is 6.61 Å². The SMILES string of the molecule is CC1=C(CCCO)/C(=N\O)CCC1. The summed E-state index contributed by atoms with van der Waals surface area (Å²) in [6.45, 7) is 2.28. The van der Waals surface area contributed by atoms with Gasteiger partial charge in [-0.25, -0.2) is 0 Å². The van der Waals surface area contributed by atoms with Gasteiger partial charge >= 0.3 is 0 Å². The molecule has 0 amide bonds. The van der Waals surface area contributed by atoms with Gasteiger partial charge in [0.05, 0.1) is 5.71 Å². The van der Waals surface area contributed by atoms with Crippen LogP contribution in [-0.2, 0) is 0 Å². The average molecular weight is 183 g/mol. The normalized spacial score (nSPS) is 21.2. The molecule has 0 saturated heterocycles. The van der Waals surface area contributed by atoms with Gasteiger partial charge in [0.15, 0.2) is 0 Å². The molecule has 3 heteroatoms. The van der Waals surface area contributed by atoms with E-state index in [1.165, 1.54) is 5.57 Å². The van der Waals surface area contributed by atoms with Crippen molar-refractivity contribution in [1.82, 2.24) is 0 Å². The summed E-state index contributed by atoms with van der Waals surface area (Å²) in [5, 5.41) is 20.8. The highest BCUT2D eigenvalue weighted by molar-refractivity contribution is 6.01. The van der Waals surface area contributed by atoms with Crippen LogP contribution in [0.3, 0.4) is 0 Å². The zero-order valence-electron chi connectivity index (χ0n) is 8.08. The van der Waals surface area contributed by atoms with E-state index in [1.54, 1.807) is 0 Å². The van der Waals surface area contributed by atoms with Crippen LogP contribution in [-0.4, -0.2) is 22.6 Å². The van der Waals surface area contributed by atoms with Crippen LogP contribution >= 0.6 is 0 Å². The predicted molar refractivity (Wildman–Crippen MR) is 52.1 cm³/mol. The lowest BCUT2D eigenvalue weighted by Gasteiger charge is -2.18. The quantitative estimate of drug-likeness (QED) is 0.520. The van der Waals surface area contributed by atoms with Crippen molar-refractivity contribution in [3.63, 3.8) is 0 Å². The Hall–Kier alpha value is -0.830. The van der Waals surface area contributed by atoms with Gasteiger partial charge in [0.25, 0.3) is 0 Å². The van der Waals surface area contributed by atoms with E-state index in [9.17, 15) is 0 Å². The van der Waals surface area contributed by atoms with Gasteiger partial charge < -0.3 is 10.3 Å². The molecule has 0 spiro atoms. The van der Waals surface area contributed by atoms with Crippen molar-refractivity contribution in [1.29, 1.82) is 0 Å². The summed E-state index contributed by atoms with van der Waals surface area (Å²) in [5.41, 5.74) is 3.28. The Morgan fingerprint density at radius 3 is 2.77 bits per heavy atom. The summed E-state index contributed by atoms with van der Waals surface area (Å²) in [6.07, 6.45) is 4.63. The first-order valence-corrected chi connectivity index (χ1v) is 4.80. The van der Waals surface area contributed by atoms with Gasteiger partial charge in [-0.05, 0) is 44.6 Å². The second-order valence-electron chi connectivity index (χ2n) is 3.49. The van der Waals surface area contributed by atoms with Gasteiger partial charge in [-0.1, -0.05) is 10.7 Å². The van der Waals surface area contributed by atoms with E-state index in [0.717, 1.165) is 43.4 Å². The maximum atomic E-state index is 8.77. The molecular weight excluding hydrogens is 166 g/mol. The van der Waals surface area contributed by atoms with Gasteiger partial charge in [-0.2, -0.15) is 0 Å². The molecule has 1 rings (SSSR count). The van der Waals surface area contributed by atoms with Crippen LogP contribution in [0.15, 0.2) is 16.3 Å². The molecule has 1 aliphatic carbocycles. The van der Waals surface area contributed by atoms with E-state index < -0.39 is 0 Å². The second-order valence-corrected chi connectivity index (χ2v) is 3.49. The number of hydrogen-bond acceptors (Lipinski definition) is 3. The minimum absolute atomic E-state index is 0.204. The number of nitrogens with zero attached hydrogens (tertiary/aromatic N) is 1. The van der Waals surface area contributed by atoms with E-state index >= 15 is 0 Å². The molecule has 0 aromatic rings. The molecule has 0 atom stereocenters. The average Bonchev–Trinajstić information content (AvgIpc) is 2.15. The van der Waals surface area contributed by atoms with Crippen LogP contribution in [0.25, 0.3) is 0 Å². The monoisotopic (exact) mass is 183 g/mol. The summed E-state index contributed by atoms with van der Waals surface area (Å²) in [7, 11) is 0. The largest absolute Gasteiger partial charge is 0.411 e. The molecule has 0 aromatic heterocycles. The number of hydrogen-bond donors (Lipinski definition) is 2. The van der Waals surface area contributed by atoms with Gasteiger partial charge in [-0.3, -0.25) is 0 Å². The third-order valence-corrected chi connectivity index (χ3v) is 2.53. The number of oxime groups is 1. The Bertz CT molecular complexity index is 231. The molecule has 0 fully saturated rings. The zero-order chi connectivity index (χ0) is 9.68. The Balaban J connectivity index is 2.72. The number of aliphatic hydroxyl groups excluding tert-OH is 1. The van der Waals surface area contributed by atoms with E-state index in [0.29, 0.717) is 0 Å². The first-order chi connectivity index (χ1) is 6.29. The van der Waals surface area contributed by atoms with Crippen molar-refractivity contribution in [2.45, 2.75) is 39.0 Å². The Morgan fingerprint density at radius 2 is 2.15 bits per heavy atom. The number of allylic oxidation sites excluding steroid dienone is 2. The topological polar surface area (TPSA) is 52.8 Å². The highest BCUT2D eigenvalue weighted by atomic mass is 16.4. The molecule has 1 aliphatic rings. The van der Waals surface area contributed by atoms with Crippen molar-refractivity contribution < 1.29 is 10.3 Å². The molecule has 2 N–H and O–H groups in total. The summed E-state index contributed by atoms with van der Waals surface area (Å²) in [6, 6.07) is 0. The minimum Gasteiger partial charge on any atom is -0.411 e. The van der Waals surface area contributed by atoms with Crippen molar-refractivity contribution in [3.05, 3.63) is 11.1 Å². The third kappa shape index (κ3) is 2.56. The van der Waals surface area contributed by atoms with Gasteiger partial charge in [0, 0.05) is 6.61 Å². The Morgan fingerprint density at radius 1 is 1.38 bits per heavy atom. The van der Waals surface area contributed by atoms with Crippen LogP contribution in [0.5, 0.6) is 0 Å². The van der Waals surface area contributed by atoms with Crippen molar-refractivity contribution >= 4 is 5.71 Å². The van der Waals surface area contributed by atoms with Gasteiger partial charge in [-0.15, -0.1) is 0 Å². The molecule has 0 aliphatic heterocycles. The van der Waals surface area contributed by atoms with Gasteiger partial charge in [0.1, 0.15) is 0 Å². The highest BCUT2D eigenvalue weighted by Gasteiger charge is 2.15. The molecule has 74 valence electrons. The zero-order valence-corrected chi connectivity index (χ0v) is 8.08. The van der Waals surface area contributed by atoms with E-state index in [-0.39, 0.29) is 6.61 Å². The van der Waals surface area contributed by atoms with E-state index in [4.69, 9.17) is 10.3 Å². The minimum atomic E-state index is 0.204. The maximum absolute atomic E-state index is 8.77. The molecule has 13 heavy (non-hydrogen) atoms. The van der Waals surface area contributed by atoms with Crippen LogP contribution < -0.4 is 0 Å². The number of aliphatic hydroxyl groups is 1. The molecule has 0 saturated carbocycles. The molecule has 0 bridgehead atoms. The standard InChI is InChI=1S/C10H17NO2/c1-8-4-2-6-10(11-13)9(8)5-3-7-12/h12-13H,2-7H2,1H3/b11-10-. The molecule has 0 aromatic carbocycles. The fourth-order valence-corrected chi connectivity index (χ4v) is 1.79. The molecule has 0 unspecified atom stereocenters.